The fourth-order valence-electron chi connectivity index (χ4n) is 1.17. The van der Waals surface area contributed by atoms with E-state index in [1.54, 1.807) is 6.92 Å². The van der Waals surface area contributed by atoms with Crippen LogP contribution in [0.5, 0.6) is 5.75 Å². The van der Waals surface area contributed by atoms with Gasteiger partial charge in [0, 0.05) is 0 Å². The van der Waals surface area contributed by atoms with Gasteiger partial charge < -0.3 is 9.84 Å². The van der Waals surface area contributed by atoms with E-state index in [9.17, 15) is 9.90 Å². The number of ether oxygens (including phenoxy) is 1. The van der Waals surface area contributed by atoms with E-state index < -0.39 is 5.97 Å². The van der Waals surface area contributed by atoms with Crippen molar-refractivity contribution in [2.24, 2.45) is 0 Å². The molecule has 72 valence electrons. The van der Waals surface area contributed by atoms with Crippen LogP contribution in [-0.4, -0.2) is 18.2 Å². The molecule has 4 heteroatoms. The maximum atomic E-state index is 11.2. The second kappa shape index (κ2) is 3.79. The Balaban J connectivity index is 3.42. The highest BCUT2D eigenvalue weighted by atomic mass is 16.5. The molecule has 0 saturated carbocycles. The van der Waals surface area contributed by atoms with Crippen molar-refractivity contribution >= 4 is 11.7 Å². The minimum Gasteiger partial charge on any atom is -0.507 e. The Bertz CT molecular complexity index is 418. The maximum absolute atomic E-state index is 11.2. The van der Waals surface area contributed by atoms with E-state index in [0.717, 1.165) is 0 Å². The predicted octanol–water partition coefficient (Wildman–Crippen LogP) is 2.04. The Morgan fingerprint density at radius 1 is 1.57 bits per heavy atom. The molecule has 0 aliphatic rings. The molecule has 0 aliphatic heterocycles. The van der Waals surface area contributed by atoms with Gasteiger partial charge in [0.15, 0.2) is 5.69 Å². The number of methoxy groups -OCH3 is 1. The zero-order valence-corrected chi connectivity index (χ0v) is 7.87. The predicted molar refractivity (Wildman–Crippen MR) is 50.4 cm³/mol. The highest BCUT2D eigenvalue weighted by Gasteiger charge is 2.16. The van der Waals surface area contributed by atoms with Crippen LogP contribution in [0.4, 0.5) is 5.69 Å². The van der Waals surface area contributed by atoms with E-state index in [1.165, 1.54) is 19.2 Å². The molecule has 0 aromatic heterocycles. The van der Waals surface area contributed by atoms with E-state index in [2.05, 4.69) is 9.58 Å². The Morgan fingerprint density at radius 2 is 2.21 bits per heavy atom. The van der Waals surface area contributed by atoms with Crippen molar-refractivity contribution in [3.8, 4) is 5.75 Å². The normalized spacial score (nSPS) is 9.21. The van der Waals surface area contributed by atoms with Crippen LogP contribution in [0.2, 0.25) is 0 Å². The number of nitrogens with zero attached hydrogens (tertiary/aromatic N) is 1. The molecule has 1 aromatic rings. The van der Waals surface area contributed by atoms with Gasteiger partial charge in [-0.2, -0.15) is 0 Å². The smallest absolute Gasteiger partial charge is 0.340 e. The molecule has 0 amide bonds. The van der Waals surface area contributed by atoms with Gasteiger partial charge in [-0.3, -0.25) is 0 Å². The summed E-state index contributed by atoms with van der Waals surface area (Å²) in [6.45, 7) is 8.44. The second-order valence-electron chi connectivity index (χ2n) is 2.71. The lowest BCUT2D eigenvalue weighted by atomic mass is 10.1. The molecule has 0 unspecified atom stereocenters. The molecule has 0 aliphatic carbocycles. The van der Waals surface area contributed by atoms with Gasteiger partial charge in [-0.25, -0.2) is 9.64 Å². The van der Waals surface area contributed by atoms with Crippen LogP contribution in [0.3, 0.4) is 0 Å². The van der Waals surface area contributed by atoms with Crippen molar-refractivity contribution in [1.29, 1.82) is 0 Å². The van der Waals surface area contributed by atoms with Crippen molar-refractivity contribution in [3.05, 3.63) is 34.7 Å². The molecule has 0 fully saturated rings. The van der Waals surface area contributed by atoms with E-state index >= 15 is 0 Å². The average Bonchev–Trinajstić information content (AvgIpc) is 2.18. The molecular weight excluding hydrogens is 182 g/mol. The van der Waals surface area contributed by atoms with Crippen molar-refractivity contribution in [2.45, 2.75) is 6.92 Å². The number of hydrogen-bond donors (Lipinski definition) is 1. The molecule has 4 nitrogen and oxygen atoms in total. The van der Waals surface area contributed by atoms with Gasteiger partial charge in [-0.05, 0) is 18.6 Å². The molecule has 0 heterocycles. The molecular formula is C10H9NO3. The molecule has 1 rings (SSSR count). The van der Waals surface area contributed by atoms with Gasteiger partial charge in [0.05, 0.1) is 19.2 Å². The first kappa shape index (κ1) is 10.1. The monoisotopic (exact) mass is 191 g/mol. The third-order valence-electron chi connectivity index (χ3n) is 1.92. The lowest BCUT2D eigenvalue weighted by Crippen LogP contribution is -2.04. The van der Waals surface area contributed by atoms with Crippen molar-refractivity contribution in [1.82, 2.24) is 0 Å². The number of esters is 1. The molecule has 14 heavy (non-hydrogen) atoms. The number of phenolic OH excluding ortho intramolecular Hbond substituents is 1. The van der Waals surface area contributed by atoms with Gasteiger partial charge in [-0.1, -0.05) is 6.07 Å². The van der Waals surface area contributed by atoms with Crippen LogP contribution in [0, 0.1) is 13.5 Å². The second-order valence-corrected chi connectivity index (χ2v) is 2.71. The number of rotatable bonds is 1. The van der Waals surface area contributed by atoms with Crippen LogP contribution in [0.25, 0.3) is 4.85 Å². The summed E-state index contributed by atoms with van der Waals surface area (Å²) >= 11 is 0. The Hall–Kier alpha value is -2.02. The van der Waals surface area contributed by atoms with E-state index in [0.29, 0.717) is 11.3 Å². The summed E-state index contributed by atoms with van der Waals surface area (Å²) in [5.74, 6) is -0.799. The number of aromatic hydroxyl groups is 1. The van der Waals surface area contributed by atoms with E-state index in [-0.39, 0.29) is 11.3 Å². The summed E-state index contributed by atoms with van der Waals surface area (Å²) in [6.07, 6.45) is 0. The number of benzene rings is 1. The topological polar surface area (TPSA) is 50.9 Å². The van der Waals surface area contributed by atoms with E-state index in [1.807, 2.05) is 0 Å². The minimum atomic E-state index is -0.634. The molecule has 0 radical (unpaired) electrons. The number of phenols is 1. The summed E-state index contributed by atoms with van der Waals surface area (Å²) in [4.78, 5) is 14.5. The molecule has 0 spiro atoms. The van der Waals surface area contributed by atoms with Gasteiger partial charge in [0.1, 0.15) is 5.75 Å². The van der Waals surface area contributed by atoms with Crippen LogP contribution in [0.1, 0.15) is 15.9 Å². The van der Waals surface area contributed by atoms with Gasteiger partial charge in [0.2, 0.25) is 0 Å². The van der Waals surface area contributed by atoms with Crippen molar-refractivity contribution < 1.29 is 14.6 Å². The standard InChI is InChI=1S/C10H9NO3/c1-6-7(11-2)4-5-8(12)9(6)10(13)14-3/h4-5,12H,1,3H3. The minimum absolute atomic E-state index is 0.0565. The van der Waals surface area contributed by atoms with Gasteiger partial charge in [0.25, 0.3) is 0 Å². The maximum Gasteiger partial charge on any atom is 0.340 e. The van der Waals surface area contributed by atoms with Gasteiger partial charge in [-0.15, -0.1) is 0 Å². The summed E-state index contributed by atoms with van der Waals surface area (Å²) in [6, 6.07) is 2.77. The zero-order valence-electron chi connectivity index (χ0n) is 7.87. The molecule has 1 aromatic carbocycles. The Morgan fingerprint density at radius 3 is 2.71 bits per heavy atom. The fraction of sp³-hybridized carbons (Fsp3) is 0.200. The van der Waals surface area contributed by atoms with Crippen molar-refractivity contribution in [2.75, 3.05) is 7.11 Å². The molecule has 0 saturated heterocycles. The van der Waals surface area contributed by atoms with Crippen LogP contribution >= 0.6 is 0 Å². The third kappa shape index (κ3) is 1.52. The van der Waals surface area contributed by atoms with Crippen LogP contribution in [-0.2, 0) is 4.74 Å². The summed E-state index contributed by atoms with van der Waals surface area (Å²) in [5.41, 5.74) is 0.830. The quantitative estimate of drug-likeness (QED) is 0.545. The summed E-state index contributed by atoms with van der Waals surface area (Å²) in [5, 5.41) is 9.41. The lowest BCUT2D eigenvalue weighted by molar-refractivity contribution is 0.0596. The first-order valence-corrected chi connectivity index (χ1v) is 3.90. The number of hydrogen-bond acceptors (Lipinski definition) is 3. The lowest BCUT2D eigenvalue weighted by Gasteiger charge is -2.07. The molecule has 0 bridgehead atoms. The zero-order chi connectivity index (χ0) is 10.7. The first-order valence-electron chi connectivity index (χ1n) is 3.90. The van der Waals surface area contributed by atoms with Crippen LogP contribution in [0.15, 0.2) is 12.1 Å². The number of carbonyl (C=O) groups is 1. The molecule has 0 atom stereocenters. The first-order chi connectivity index (χ1) is 6.61. The summed E-state index contributed by atoms with van der Waals surface area (Å²) in [7, 11) is 1.23. The molecule has 1 N–H and O–H groups in total. The largest absolute Gasteiger partial charge is 0.507 e. The van der Waals surface area contributed by atoms with Crippen molar-refractivity contribution in [3.63, 3.8) is 0 Å². The fourth-order valence-corrected chi connectivity index (χ4v) is 1.17. The van der Waals surface area contributed by atoms with Crippen LogP contribution < -0.4 is 0 Å². The van der Waals surface area contributed by atoms with E-state index in [4.69, 9.17) is 6.57 Å². The third-order valence-corrected chi connectivity index (χ3v) is 1.92. The van der Waals surface area contributed by atoms with Gasteiger partial charge >= 0.3 is 5.97 Å². The highest BCUT2D eigenvalue weighted by Crippen LogP contribution is 2.29. The average molecular weight is 191 g/mol. The summed E-state index contributed by atoms with van der Waals surface area (Å²) < 4.78 is 4.50. The Labute approximate surface area is 81.6 Å². The number of carbonyl (C=O) groups excluding carboxylic acids is 1. The SMILES string of the molecule is [C-]#[N+]c1ccc(O)c(C(=O)OC)c1C. The Kier molecular flexibility index (Phi) is 2.73. The highest BCUT2D eigenvalue weighted by molar-refractivity contribution is 5.95.